The van der Waals surface area contributed by atoms with Crippen molar-refractivity contribution in [1.82, 2.24) is 14.8 Å². The first-order valence-electron chi connectivity index (χ1n) is 8.75. The van der Waals surface area contributed by atoms with Gasteiger partial charge in [-0.2, -0.15) is 5.10 Å². The molecule has 3 nitrogen and oxygen atoms in total. The minimum absolute atomic E-state index is 0.383. The summed E-state index contributed by atoms with van der Waals surface area (Å²) in [5.41, 5.74) is 0.383. The molecule has 4 bridgehead atoms. The Bertz CT molecular complexity index is 472. The molecule has 1 aliphatic heterocycles. The first-order valence-corrected chi connectivity index (χ1v) is 8.75. The summed E-state index contributed by atoms with van der Waals surface area (Å²) in [6.45, 7) is 1.11. The Morgan fingerprint density at radius 3 is 2.30 bits per heavy atom. The lowest BCUT2D eigenvalue weighted by molar-refractivity contribution is -0.00947. The maximum Gasteiger partial charge on any atom is 0.157 e. The van der Waals surface area contributed by atoms with E-state index in [1.807, 2.05) is 0 Å². The smallest absolute Gasteiger partial charge is 0.157 e. The molecule has 3 heteroatoms. The minimum Gasteiger partial charge on any atom is -0.250 e. The Hall–Kier alpha value is -0.860. The fourth-order valence-corrected chi connectivity index (χ4v) is 6.07. The second-order valence-corrected chi connectivity index (χ2v) is 8.08. The van der Waals surface area contributed by atoms with Gasteiger partial charge >= 0.3 is 0 Å². The second-order valence-electron chi connectivity index (χ2n) is 8.08. The van der Waals surface area contributed by atoms with E-state index in [1.54, 1.807) is 0 Å². The van der Waals surface area contributed by atoms with Crippen LogP contribution in [0, 0.1) is 17.8 Å². The molecule has 0 aromatic carbocycles. The van der Waals surface area contributed by atoms with Gasteiger partial charge in [0.15, 0.2) is 5.82 Å². The third kappa shape index (κ3) is 1.64. The number of hydrogen-bond acceptors (Lipinski definition) is 2. The summed E-state index contributed by atoms with van der Waals surface area (Å²) in [6.07, 6.45) is 13.8. The molecular formula is C17H25N3. The van der Waals surface area contributed by atoms with E-state index in [0.717, 1.165) is 30.7 Å². The molecule has 1 aromatic rings. The van der Waals surface area contributed by atoms with Crippen LogP contribution < -0.4 is 0 Å². The Labute approximate surface area is 121 Å². The molecule has 108 valence electrons. The molecule has 4 fully saturated rings. The van der Waals surface area contributed by atoms with Crippen LogP contribution in [0.1, 0.15) is 69.4 Å². The van der Waals surface area contributed by atoms with Crippen molar-refractivity contribution >= 4 is 0 Å². The van der Waals surface area contributed by atoms with E-state index >= 15 is 0 Å². The van der Waals surface area contributed by atoms with E-state index in [2.05, 4.69) is 4.68 Å². The monoisotopic (exact) mass is 271 g/mol. The fourth-order valence-electron chi connectivity index (χ4n) is 6.07. The Balaban J connectivity index is 1.53. The molecule has 0 radical (unpaired) electrons. The van der Waals surface area contributed by atoms with Crippen LogP contribution in [0.5, 0.6) is 0 Å². The lowest BCUT2D eigenvalue weighted by Gasteiger charge is -2.55. The van der Waals surface area contributed by atoms with Crippen LogP contribution in [0.25, 0.3) is 0 Å². The summed E-state index contributed by atoms with van der Waals surface area (Å²) in [4.78, 5) is 5.05. The average Bonchev–Trinajstić information content (AvgIpc) is 2.70. The van der Waals surface area contributed by atoms with Gasteiger partial charge in [0.1, 0.15) is 5.82 Å². The van der Waals surface area contributed by atoms with Gasteiger partial charge in [0.2, 0.25) is 0 Å². The van der Waals surface area contributed by atoms with E-state index in [0.29, 0.717) is 5.41 Å². The Morgan fingerprint density at radius 1 is 0.900 bits per heavy atom. The van der Waals surface area contributed by atoms with Crippen LogP contribution >= 0.6 is 0 Å². The van der Waals surface area contributed by atoms with Crippen LogP contribution in [-0.4, -0.2) is 14.8 Å². The van der Waals surface area contributed by atoms with Crippen LogP contribution in [-0.2, 0) is 18.4 Å². The number of hydrogen-bond donors (Lipinski definition) is 0. The fraction of sp³-hybridized carbons (Fsp3) is 0.882. The topological polar surface area (TPSA) is 30.7 Å². The number of rotatable bonds is 1. The van der Waals surface area contributed by atoms with Gasteiger partial charge in [-0.3, -0.25) is 0 Å². The second kappa shape index (κ2) is 4.08. The summed E-state index contributed by atoms with van der Waals surface area (Å²) in [5, 5.41) is 5.01. The van der Waals surface area contributed by atoms with Crippen molar-refractivity contribution in [3.05, 3.63) is 11.6 Å². The highest BCUT2D eigenvalue weighted by atomic mass is 15.4. The first-order chi connectivity index (χ1) is 9.81. The molecule has 6 rings (SSSR count). The van der Waals surface area contributed by atoms with Crippen molar-refractivity contribution in [3.63, 3.8) is 0 Å². The normalized spacial score (nSPS) is 42.5. The van der Waals surface area contributed by atoms with E-state index in [9.17, 15) is 0 Å². The number of aryl methyl sites for hydroxylation is 2. The third-order valence-corrected chi connectivity index (χ3v) is 6.53. The molecule has 0 unspecified atom stereocenters. The predicted octanol–water partition coefficient (Wildman–Crippen LogP) is 3.47. The zero-order valence-corrected chi connectivity index (χ0v) is 12.4. The van der Waals surface area contributed by atoms with E-state index in [-0.39, 0.29) is 0 Å². The molecule has 0 N–H and O–H groups in total. The van der Waals surface area contributed by atoms with Gasteiger partial charge in [-0.15, -0.1) is 0 Å². The molecule has 4 saturated carbocycles. The number of nitrogens with zero attached hydrogens (tertiary/aromatic N) is 3. The minimum atomic E-state index is 0.383. The van der Waals surface area contributed by atoms with Crippen LogP contribution in [0.4, 0.5) is 0 Å². The first kappa shape index (κ1) is 11.8. The number of fused-ring (bicyclic) bond motifs is 1. The lowest BCUT2D eigenvalue weighted by atomic mass is 9.49. The van der Waals surface area contributed by atoms with E-state index in [1.165, 1.54) is 69.4 Å². The summed E-state index contributed by atoms with van der Waals surface area (Å²) in [5.74, 6) is 5.50. The molecular weight excluding hydrogens is 246 g/mol. The van der Waals surface area contributed by atoms with Crippen molar-refractivity contribution in [2.24, 2.45) is 17.8 Å². The van der Waals surface area contributed by atoms with Crippen LogP contribution in [0.15, 0.2) is 0 Å². The van der Waals surface area contributed by atoms with Gasteiger partial charge in [-0.1, -0.05) is 6.42 Å². The highest BCUT2D eigenvalue weighted by Gasteiger charge is 2.53. The van der Waals surface area contributed by atoms with Crippen molar-refractivity contribution < 1.29 is 0 Å². The summed E-state index contributed by atoms with van der Waals surface area (Å²) in [7, 11) is 0. The highest BCUT2D eigenvalue weighted by Crippen LogP contribution is 2.60. The largest absolute Gasteiger partial charge is 0.250 e. The Morgan fingerprint density at radius 2 is 1.60 bits per heavy atom. The zero-order valence-electron chi connectivity index (χ0n) is 12.4. The van der Waals surface area contributed by atoms with Gasteiger partial charge in [0.25, 0.3) is 0 Å². The van der Waals surface area contributed by atoms with E-state index in [4.69, 9.17) is 10.1 Å². The molecule has 20 heavy (non-hydrogen) atoms. The maximum absolute atomic E-state index is 5.05. The van der Waals surface area contributed by atoms with E-state index < -0.39 is 0 Å². The van der Waals surface area contributed by atoms with Crippen molar-refractivity contribution in [3.8, 4) is 0 Å². The maximum atomic E-state index is 5.05. The molecule has 0 saturated heterocycles. The highest BCUT2D eigenvalue weighted by molar-refractivity contribution is 5.17. The zero-order chi connectivity index (χ0) is 13.2. The SMILES string of the molecule is C1CCc2nc(C34CC5CC(CC(C5)C3)C4)nn2CC1. The van der Waals surface area contributed by atoms with Crippen molar-refractivity contribution in [1.29, 1.82) is 0 Å². The molecule has 0 spiro atoms. The van der Waals surface area contributed by atoms with Crippen LogP contribution in [0.3, 0.4) is 0 Å². The van der Waals surface area contributed by atoms with Crippen LogP contribution in [0.2, 0.25) is 0 Å². The molecule has 1 aromatic heterocycles. The predicted molar refractivity (Wildman–Crippen MR) is 77.4 cm³/mol. The van der Waals surface area contributed by atoms with Gasteiger partial charge in [-0.25, -0.2) is 9.67 Å². The molecule has 0 atom stereocenters. The van der Waals surface area contributed by atoms with Gasteiger partial charge in [0, 0.05) is 18.4 Å². The summed E-state index contributed by atoms with van der Waals surface area (Å²) >= 11 is 0. The standard InChI is InChI=1S/C17H25N3/c1-2-4-15-18-16(19-20(15)5-3-1)17-9-12-6-13(10-17)8-14(7-12)11-17/h12-14H,1-11H2. The third-order valence-electron chi connectivity index (χ3n) is 6.53. The lowest BCUT2D eigenvalue weighted by Crippen LogP contribution is -2.49. The quantitative estimate of drug-likeness (QED) is 0.783. The molecule has 5 aliphatic rings. The van der Waals surface area contributed by atoms with Crippen molar-refractivity contribution in [2.75, 3.05) is 0 Å². The molecule has 4 aliphatic carbocycles. The molecule has 2 heterocycles. The summed E-state index contributed by atoms with van der Waals surface area (Å²) < 4.78 is 2.25. The van der Waals surface area contributed by atoms with Gasteiger partial charge in [0.05, 0.1) is 0 Å². The molecule has 0 amide bonds. The average molecular weight is 271 g/mol. The van der Waals surface area contributed by atoms with Crippen molar-refractivity contribution in [2.45, 2.75) is 76.2 Å². The van der Waals surface area contributed by atoms with Gasteiger partial charge < -0.3 is 0 Å². The summed E-state index contributed by atoms with van der Waals surface area (Å²) in [6, 6.07) is 0. The van der Waals surface area contributed by atoms with Gasteiger partial charge in [-0.05, 0) is 69.1 Å². The Kier molecular flexibility index (Phi) is 2.40. The number of aromatic nitrogens is 3.